The summed E-state index contributed by atoms with van der Waals surface area (Å²) in [6.45, 7) is 0. The van der Waals surface area contributed by atoms with Crippen molar-refractivity contribution in [1.82, 2.24) is 4.72 Å². The van der Waals surface area contributed by atoms with Crippen LogP contribution in [0.1, 0.15) is 37.7 Å². The van der Waals surface area contributed by atoms with Crippen LogP contribution in [0.15, 0.2) is 27.3 Å². The number of nitrogens with one attached hydrogen (secondary N) is 2. The fourth-order valence-corrected chi connectivity index (χ4v) is 3.95. The molecule has 0 aliphatic carbocycles. The van der Waals surface area contributed by atoms with Gasteiger partial charge in [0.25, 0.3) is 10.0 Å². The summed E-state index contributed by atoms with van der Waals surface area (Å²) in [5.41, 5.74) is 0.0250. The van der Waals surface area contributed by atoms with E-state index in [1.807, 2.05) is 4.72 Å². The minimum Gasteiger partial charge on any atom is -0.326 e. The number of hydrogen-bond acceptors (Lipinski definition) is 6. The number of terminal acetylenes is 1. The summed E-state index contributed by atoms with van der Waals surface area (Å²) in [6.07, 6.45) is 6.69. The molecule has 2 amide bonds. The van der Waals surface area contributed by atoms with Gasteiger partial charge in [-0.05, 0) is 24.1 Å². The lowest BCUT2D eigenvalue weighted by atomic mass is 10.0. The molecule has 2 heterocycles. The van der Waals surface area contributed by atoms with Gasteiger partial charge in [-0.2, -0.15) is 10.2 Å². The van der Waals surface area contributed by atoms with Gasteiger partial charge in [0.05, 0.1) is 0 Å². The smallest absolute Gasteiger partial charge is 0.266 e. The molecule has 2 aliphatic rings. The summed E-state index contributed by atoms with van der Waals surface area (Å²) < 4.78 is 40.9. The third-order valence-corrected chi connectivity index (χ3v) is 5.78. The van der Waals surface area contributed by atoms with Gasteiger partial charge in [-0.1, -0.05) is 0 Å². The number of carbonyl (C=O) groups is 2. The zero-order valence-electron chi connectivity index (χ0n) is 14.3. The highest BCUT2D eigenvalue weighted by Crippen LogP contribution is 2.37. The highest BCUT2D eigenvalue weighted by Gasteiger charge is 2.39. The number of anilines is 1. The van der Waals surface area contributed by atoms with Crippen LogP contribution in [-0.2, 0) is 26.0 Å². The first-order valence-electron chi connectivity index (χ1n) is 8.30. The Morgan fingerprint density at radius 1 is 1.33 bits per heavy atom. The van der Waals surface area contributed by atoms with Gasteiger partial charge in [-0.3, -0.25) is 9.59 Å². The van der Waals surface area contributed by atoms with Crippen molar-refractivity contribution in [1.29, 1.82) is 0 Å². The van der Waals surface area contributed by atoms with Gasteiger partial charge in [0.1, 0.15) is 10.7 Å². The van der Waals surface area contributed by atoms with Gasteiger partial charge < -0.3 is 5.32 Å². The monoisotopic (exact) mass is 392 g/mol. The van der Waals surface area contributed by atoms with E-state index in [-0.39, 0.29) is 30.9 Å². The van der Waals surface area contributed by atoms with Gasteiger partial charge in [0.2, 0.25) is 11.8 Å². The quantitative estimate of drug-likeness (QED) is 0.689. The number of rotatable bonds is 7. The molecule has 0 saturated carbocycles. The van der Waals surface area contributed by atoms with Gasteiger partial charge in [-0.25, -0.2) is 17.5 Å². The van der Waals surface area contributed by atoms with E-state index < -0.39 is 32.3 Å². The van der Waals surface area contributed by atoms with Crippen molar-refractivity contribution >= 4 is 27.5 Å². The van der Waals surface area contributed by atoms with E-state index in [1.165, 1.54) is 0 Å². The third-order valence-electron chi connectivity index (χ3n) is 4.40. The number of carbonyl (C=O) groups excluding carboxylic acids is 2. The van der Waals surface area contributed by atoms with Crippen molar-refractivity contribution in [2.75, 3.05) is 5.32 Å². The second-order valence-electron chi connectivity index (χ2n) is 6.40. The minimum atomic E-state index is -4.38. The van der Waals surface area contributed by atoms with Gasteiger partial charge in [0, 0.05) is 37.8 Å². The molecular formula is C17H17FN4O4S. The van der Waals surface area contributed by atoms with Gasteiger partial charge in [-0.15, -0.1) is 12.3 Å². The van der Waals surface area contributed by atoms with E-state index in [0.29, 0.717) is 24.8 Å². The molecule has 0 saturated heterocycles. The predicted molar refractivity (Wildman–Crippen MR) is 93.6 cm³/mol. The van der Waals surface area contributed by atoms with Crippen LogP contribution < -0.4 is 10.0 Å². The summed E-state index contributed by atoms with van der Waals surface area (Å²) >= 11 is 0. The Morgan fingerprint density at radius 2 is 2.07 bits per heavy atom. The lowest BCUT2D eigenvalue weighted by Gasteiger charge is -2.18. The van der Waals surface area contributed by atoms with Crippen molar-refractivity contribution < 1.29 is 22.4 Å². The number of amides is 2. The fourth-order valence-electron chi connectivity index (χ4n) is 2.82. The Bertz CT molecular complexity index is 975. The molecule has 2 aliphatic heterocycles. The van der Waals surface area contributed by atoms with Crippen molar-refractivity contribution in [3.8, 4) is 12.3 Å². The molecule has 0 atom stereocenters. The highest BCUT2D eigenvalue weighted by atomic mass is 32.2. The molecule has 27 heavy (non-hydrogen) atoms. The van der Waals surface area contributed by atoms with E-state index in [9.17, 15) is 22.4 Å². The number of nitrogens with zero attached hydrogens (tertiary/aromatic N) is 2. The van der Waals surface area contributed by atoms with Crippen molar-refractivity contribution in [3.63, 3.8) is 0 Å². The maximum absolute atomic E-state index is 14.2. The lowest BCUT2D eigenvalue weighted by Crippen LogP contribution is -2.32. The summed E-state index contributed by atoms with van der Waals surface area (Å²) in [4.78, 5) is 22.8. The molecule has 0 aromatic heterocycles. The van der Waals surface area contributed by atoms with Crippen LogP contribution in [0.3, 0.4) is 0 Å². The molecule has 0 spiro atoms. The number of fused-ring (bicyclic) bond motifs is 1. The molecule has 0 fully saturated rings. The molecule has 0 radical (unpaired) electrons. The second-order valence-corrected chi connectivity index (χ2v) is 8.05. The lowest BCUT2D eigenvalue weighted by molar-refractivity contribution is -0.119. The molecule has 8 nitrogen and oxygen atoms in total. The van der Waals surface area contributed by atoms with Crippen LogP contribution in [0.2, 0.25) is 0 Å². The number of halogens is 1. The zero-order chi connectivity index (χ0) is 19.7. The van der Waals surface area contributed by atoms with Crippen molar-refractivity contribution in [2.45, 2.75) is 49.1 Å². The zero-order valence-corrected chi connectivity index (χ0v) is 15.1. The van der Waals surface area contributed by atoms with Gasteiger partial charge >= 0.3 is 0 Å². The van der Waals surface area contributed by atoms with E-state index in [1.54, 1.807) is 0 Å². The first-order valence-corrected chi connectivity index (χ1v) is 9.78. The first-order chi connectivity index (χ1) is 12.7. The number of sulfonamides is 1. The molecule has 1 aromatic rings. The average Bonchev–Trinajstić information content (AvgIpc) is 3.37. The first kappa shape index (κ1) is 19.0. The van der Waals surface area contributed by atoms with E-state index >= 15 is 0 Å². The molecule has 3 rings (SSSR count). The molecule has 0 bridgehead atoms. The third kappa shape index (κ3) is 4.31. The van der Waals surface area contributed by atoms with E-state index in [0.717, 1.165) is 12.1 Å². The van der Waals surface area contributed by atoms with Crippen molar-refractivity contribution in [2.24, 2.45) is 10.2 Å². The van der Waals surface area contributed by atoms with Crippen LogP contribution in [-0.4, -0.2) is 25.9 Å². The SMILES string of the molecule is C#CCCC1(CCC(=O)NS(=O)(=O)c2cc3c(cc2F)NC(=O)CC3)N=N1. The molecule has 2 N–H and O–H groups in total. The maximum atomic E-state index is 14.2. The Morgan fingerprint density at radius 3 is 2.74 bits per heavy atom. The van der Waals surface area contributed by atoms with Crippen LogP contribution in [0.5, 0.6) is 0 Å². The highest BCUT2D eigenvalue weighted by molar-refractivity contribution is 7.90. The van der Waals surface area contributed by atoms with Crippen LogP contribution >= 0.6 is 0 Å². The van der Waals surface area contributed by atoms with Crippen LogP contribution in [0.4, 0.5) is 10.1 Å². The molecular weight excluding hydrogens is 375 g/mol. The summed E-state index contributed by atoms with van der Waals surface area (Å²) in [7, 11) is -4.38. The summed E-state index contributed by atoms with van der Waals surface area (Å²) in [5.74, 6) is 0.370. The summed E-state index contributed by atoms with van der Waals surface area (Å²) in [5, 5.41) is 10.2. The number of hydrogen-bond donors (Lipinski definition) is 2. The maximum Gasteiger partial charge on any atom is 0.266 e. The normalized spacial score (nSPS) is 16.8. The summed E-state index contributed by atoms with van der Waals surface area (Å²) in [6, 6.07) is 2.09. The average molecular weight is 392 g/mol. The minimum absolute atomic E-state index is 0.139. The fraction of sp³-hybridized carbons (Fsp3) is 0.412. The second kappa shape index (κ2) is 7.08. The Kier molecular flexibility index (Phi) is 4.97. The van der Waals surface area contributed by atoms with Crippen LogP contribution in [0.25, 0.3) is 0 Å². The Balaban J connectivity index is 1.67. The van der Waals surface area contributed by atoms with Crippen LogP contribution in [0, 0.1) is 18.2 Å². The molecule has 0 unspecified atom stereocenters. The largest absolute Gasteiger partial charge is 0.326 e. The molecule has 10 heteroatoms. The number of aryl methyl sites for hydroxylation is 1. The topological polar surface area (TPSA) is 117 Å². The van der Waals surface area contributed by atoms with Crippen molar-refractivity contribution in [3.05, 3.63) is 23.5 Å². The Hall–Kier alpha value is -2.80. The molecule has 1 aromatic carbocycles. The molecule has 142 valence electrons. The van der Waals surface area contributed by atoms with Gasteiger partial charge in [0.15, 0.2) is 5.66 Å². The Labute approximate surface area is 155 Å². The van der Waals surface area contributed by atoms with E-state index in [2.05, 4.69) is 21.5 Å². The standard InChI is InChI=1S/C17H17FN4O4S/c1-2-3-7-17(21-22-17)8-6-16(24)20-27(25,26)14-9-11-4-5-15(23)19-13(11)10-12(14)18/h1,9-10H,3-8H2,(H,19,23)(H,20,24). The van der Waals surface area contributed by atoms with E-state index in [4.69, 9.17) is 6.42 Å². The predicted octanol–water partition coefficient (Wildman–Crippen LogP) is 1.87. The number of benzene rings is 1.